The molecule has 114 valence electrons. The second kappa shape index (κ2) is 6.87. The van der Waals surface area contributed by atoms with Crippen molar-refractivity contribution in [3.63, 3.8) is 0 Å². The molecule has 2 aromatic heterocycles. The molecule has 1 amide bonds. The predicted molar refractivity (Wildman–Crippen MR) is 90.9 cm³/mol. The summed E-state index contributed by atoms with van der Waals surface area (Å²) in [6.45, 7) is 2.48. The Labute approximate surface area is 138 Å². The first-order valence-corrected chi connectivity index (χ1v) is 8.45. The third-order valence-corrected chi connectivity index (χ3v) is 5.80. The Morgan fingerprint density at radius 2 is 2.19 bits per heavy atom. The fraction of sp³-hybridized carbons (Fsp3) is 0.429. The molecule has 2 heterocycles. The minimum atomic E-state index is -0.136. The van der Waals surface area contributed by atoms with Gasteiger partial charge in [-0.3, -0.25) is 4.79 Å². The lowest BCUT2D eigenvalue weighted by atomic mass is 9.96. The highest BCUT2D eigenvalue weighted by atomic mass is 35.5. The van der Waals surface area contributed by atoms with Gasteiger partial charge in [-0.1, -0.05) is 0 Å². The van der Waals surface area contributed by atoms with Crippen molar-refractivity contribution in [1.82, 2.24) is 4.98 Å². The third-order valence-electron chi connectivity index (χ3n) is 3.62. The smallest absolute Gasteiger partial charge is 0.275 e. The van der Waals surface area contributed by atoms with Gasteiger partial charge in [0.1, 0.15) is 10.7 Å². The Hall–Kier alpha value is -0.950. The molecule has 1 aliphatic carbocycles. The predicted octanol–water partition coefficient (Wildman–Crippen LogP) is 3.52. The number of hydrogen-bond donors (Lipinski definition) is 2. The van der Waals surface area contributed by atoms with Crippen LogP contribution in [0.4, 0.5) is 5.00 Å². The molecule has 4 nitrogen and oxygen atoms in total. The van der Waals surface area contributed by atoms with Gasteiger partial charge in [0.25, 0.3) is 5.91 Å². The molecule has 0 saturated heterocycles. The number of thiazole rings is 1. The van der Waals surface area contributed by atoms with Crippen molar-refractivity contribution in [2.45, 2.75) is 39.2 Å². The van der Waals surface area contributed by atoms with Gasteiger partial charge in [-0.2, -0.15) is 0 Å². The first-order valence-electron chi connectivity index (χ1n) is 6.76. The number of aromatic nitrogens is 1. The first-order chi connectivity index (χ1) is 9.69. The van der Waals surface area contributed by atoms with E-state index in [1.165, 1.54) is 40.2 Å². The van der Waals surface area contributed by atoms with Crippen molar-refractivity contribution in [1.29, 1.82) is 0 Å². The lowest BCUT2D eigenvalue weighted by molar-refractivity contribution is 0.102. The SMILES string of the molecule is Cc1c(NC(=O)c2csc(CN)n2)sc2c1CCCC2.Cl. The Balaban J connectivity index is 0.00000161. The molecule has 0 aromatic carbocycles. The molecule has 0 aliphatic heterocycles. The summed E-state index contributed by atoms with van der Waals surface area (Å²) in [6.07, 6.45) is 4.79. The van der Waals surface area contributed by atoms with Gasteiger partial charge in [-0.25, -0.2) is 4.98 Å². The molecule has 0 unspecified atom stereocenters. The van der Waals surface area contributed by atoms with Crippen LogP contribution in [0.1, 0.15) is 44.3 Å². The number of nitrogens with two attached hydrogens (primary N) is 1. The number of thiophene rings is 1. The van der Waals surface area contributed by atoms with Gasteiger partial charge in [0.15, 0.2) is 0 Å². The van der Waals surface area contributed by atoms with Crippen LogP contribution in [0.25, 0.3) is 0 Å². The van der Waals surface area contributed by atoms with Crippen LogP contribution < -0.4 is 11.1 Å². The monoisotopic (exact) mass is 343 g/mol. The molecule has 0 radical (unpaired) electrons. The normalized spacial score (nSPS) is 13.4. The Bertz CT molecular complexity index is 651. The number of fused-ring (bicyclic) bond motifs is 1. The highest BCUT2D eigenvalue weighted by molar-refractivity contribution is 7.16. The van der Waals surface area contributed by atoms with Gasteiger partial charge >= 0.3 is 0 Å². The number of carbonyl (C=O) groups is 1. The van der Waals surface area contributed by atoms with Crippen LogP contribution in [0.5, 0.6) is 0 Å². The number of anilines is 1. The van der Waals surface area contributed by atoms with Crippen molar-refractivity contribution in [2.24, 2.45) is 5.73 Å². The van der Waals surface area contributed by atoms with Gasteiger partial charge < -0.3 is 11.1 Å². The molecule has 0 spiro atoms. The number of hydrogen-bond acceptors (Lipinski definition) is 5. The maximum Gasteiger partial charge on any atom is 0.275 e. The Morgan fingerprint density at radius 3 is 2.86 bits per heavy atom. The summed E-state index contributed by atoms with van der Waals surface area (Å²) in [6, 6.07) is 0. The standard InChI is InChI=1S/C14H17N3OS2.ClH/c1-8-9-4-2-3-5-11(9)20-14(8)17-13(18)10-7-19-12(6-15)16-10;/h7H,2-6,15H2,1H3,(H,17,18);1H. The van der Waals surface area contributed by atoms with Crippen LogP contribution in [0.15, 0.2) is 5.38 Å². The molecular formula is C14H18ClN3OS2. The zero-order valence-corrected chi connectivity index (χ0v) is 14.2. The van der Waals surface area contributed by atoms with E-state index >= 15 is 0 Å². The summed E-state index contributed by atoms with van der Waals surface area (Å²) >= 11 is 3.14. The fourth-order valence-corrected chi connectivity index (χ4v) is 4.46. The third kappa shape index (κ3) is 3.29. The Morgan fingerprint density at radius 1 is 1.43 bits per heavy atom. The number of rotatable bonds is 3. The first kappa shape index (κ1) is 16.4. The summed E-state index contributed by atoms with van der Waals surface area (Å²) in [7, 11) is 0. The molecular weight excluding hydrogens is 326 g/mol. The summed E-state index contributed by atoms with van der Waals surface area (Å²) < 4.78 is 0. The molecule has 21 heavy (non-hydrogen) atoms. The van der Waals surface area contributed by atoms with Crippen LogP contribution in [0, 0.1) is 6.92 Å². The molecule has 0 atom stereocenters. The van der Waals surface area contributed by atoms with Gasteiger partial charge in [0.05, 0.1) is 5.00 Å². The molecule has 0 fully saturated rings. The minimum Gasteiger partial charge on any atom is -0.325 e. The Kier molecular flexibility index (Phi) is 5.37. The maximum absolute atomic E-state index is 12.2. The summed E-state index contributed by atoms with van der Waals surface area (Å²) in [4.78, 5) is 17.9. The topological polar surface area (TPSA) is 68.0 Å². The van der Waals surface area contributed by atoms with Crippen molar-refractivity contribution >= 4 is 46.0 Å². The molecule has 2 aromatic rings. The van der Waals surface area contributed by atoms with Gasteiger partial charge in [-0.15, -0.1) is 35.1 Å². The average molecular weight is 344 g/mol. The van der Waals surface area contributed by atoms with Gasteiger partial charge in [-0.05, 0) is 43.7 Å². The number of amides is 1. The van der Waals surface area contributed by atoms with Gasteiger partial charge in [0, 0.05) is 16.8 Å². The van der Waals surface area contributed by atoms with Crippen molar-refractivity contribution in [3.05, 3.63) is 32.1 Å². The highest BCUT2D eigenvalue weighted by Crippen LogP contribution is 2.37. The molecule has 0 bridgehead atoms. The van der Waals surface area contributed by atoms with Crippen LogP contribution in [0.3, 0.4) is 0 Å². The van der Waals surface area contributed by atoms with E-state index in [1.54, 1.807) is 16.7 Å². The van der Waals surface area contributed by atoms with E-state index in [-0.39, 0.29) is 18.3 Å². The largest absolute Gasteiger partial charge is 0.325 e. The van der Waals surface area contributed by atoms with Crippen LogP contribution in [-0.4, -0.2) is 10.9 Å². The average Bonchev–Trinajstić information content (AvgIpc) is 3.05. The summed E-state index contributed by atoms with van der Waals surface area (Å²) in [5, 5.41) is 6.53. The maximum atomic E-state index is 12.2. The fourth-order valence-electron chi connectivity index (χ4n) is 2.52. The minimum absolute atomic E-state index is 0. The van der Waals surface area contributed by atoms with Crippen molar-refractivity contribution in [2.75, 3.05) is 5.32 Å². The van der Waals surface area contributed by atoms with E-state index in [0.29, 0.717) is 12.2 Å². The van der Waals surface area contributed by atoms with E-state index < -0.39 is 0 Å². The van der Waals surface area contributed by atoms with E-state index in [2.05, 4.69) is 17.2 Å². The van der Waals surface area contributed by atoms with E-state index in [0.717, 1.165) is 22.9 Å². The van der Waals surface area contributed by atoms with Crippen LogP contribution in [0.2, 0.25) is 0 Å². The van der Waals surface area contributed by atoms with Gasteiger partial charge in [0.2, 0.25) is 0 Å². The number of nitrogens with zero attached hydrogens (tertiary/aromatic N) is 1. The lowest BCUT2D eigenvalue weighted by Gasteiger charge is -2.10. The second-order valence-electron chi connectivity index (χ2n) is 4.95. The lowest BCUT2D eigenvalue weighted by Crippen LogP contribution is -2.12. The highest BCUT2D eigenvalue weighted by Gasteiger charge is 2.20. The van der Waals surface area contributed by atoms with Crippen molar-refractivity contribution in [3.8, 4) is 0 Å². The molecule has 1 aliphatic rings. The molecule has 7 heteroatoms. The molecule has 3 rings (SSSR count). The quantitative estimate of drug-likeness (QED) is 0.895. The second-order valence-corrected chi connectivity index (χ2v) is 7.00. The number of nitrogens with one attached hydrogen (secondary N) is 1. The van der Waals surface area contributed by atoms with E-state index in [9.17, 15) is 4.79 Å². The summed E-state index contributed by atoms with van der Waals surface area (Å²) in [5.74, 6) is -0.136. The molecule has 3 N–H and O–H groups in total. The van der Waals surface area contributed by atoms with Crippen LogP contribution in [-0.2, 0) is 19.4 Å². The van der Waals surface area contributed by atoms with E-state index in [4.69, 9.17) is 5.73 Å². The zero-order chi connectivity index (χ0) is 14.1. The van der Waals surface area contributed by atoms with Crippen molar-refractivity contribution < 1.29 is 4.79 Å². The number of carbonyl (C=O) groups excluding carboxylic acids is 1. The number of aryl methyl sites for hydroxylation is 1. The van der Waals surface area contributed by atoms with E-state index in [1.807, 2.05) is 0 Å². The zero-order valence-electron chi connectivity index (χ0n) is 11.8. The molecule has 0 saturated carbocycles. The van der Waals surface area contributed by atoms with Crippen LogP contribution >= 0.6 is 35.1 Å². The number of halogens is 1. The summed E-state index contributed by atoms with van der Waals surface area (Å²) in [5.41, 5.74) is 8.66.